The molecule has 1 heterocycles. The van der Waals surface area contributed by atoms with Gasteiger partial charge in [0, 0.05) is 12.5 Å². The highest BCUT2D eigenvalue weighted by Gasteiger charge is 2.45. The zero-order valence-corrected chi connectivity index (χ0v) is 15.7. The number of carbonyl (C=O) groups excluding carboxylic acids is 1. The number of methoxy groups -OCH3 is 4. The van der Waals surface area contributed by atoms with Gasteiger partial charge in [-0.2, -0.15) is 0 Å². The predicted molar refractivity (Wildman–Crippen MR) is 97.6 cm³/mol. The van der Waals surface area contributed by atoms with Crippen LogP contribution in [0.3, 0.4) is 0 Å². The van der Waals surface area contributed by atoms with E-state index in [0.717, 1.165) is 5.56 Å². The van der Waals surface area contributed by atoms with Crippen LogP contribution in [0.1, 0.15) is 15.9 Å². The summed E-state index contributed by atoms with van der Waals surface area (Å²) in [5.74, 6) is 1.31. The molecule has 7 heteroatoms. The molecular formula is C20H22O7. The van der Waals surface area contributed by atoms with Crippen molar-refractivity contribution in [2.75, 3.05) is 35.0 Å². The minimum Gasteiger partial charge on any atom is -0.497 e. The normalized spacial score (nSPS) is 18.3. The molecule has 1 N–H and O–H groups in total. The zero-order valence-electron chi connectivity index (χ0n) is 15.7. The number of hydrogen-bond acceptors (Lipinski definition) is 7. The molecular weight excluding hydrogens is 352 g/mol. The lowest BCUT2D eigenvalue weighted by atomic mass is 9.84. The van der Waals surface area contributed by atoms with Crippen LogP contribution >= 0.6 is 0 Å². The van der Waals surface area contributed by atoms with Gasteiger partial charge in [-0.25, -0.2) is 0 Å². The topological polar surface area (TPSA) is 83.5 Å². The van der Waals surface area contributed by atoms with E-state index in [1.54, 1.807) is 37.4 Å². The van der Waals surface area contributed by atoms with Crippen molar-refractivity contribution < 1.29 is 33.6 Å². The van der Waals surface area contributed by atoms with Crippen LogP contribution in [0.25, 0.3) is 0 Å². The Morgan fingerprint density at radius 2 is 1.67 bits per heavy atom. The second-order valence-electron chi connectivity index (χ2n) is 6.19. The summed E-state index contributed by atoms with van der Waals surface area (Å²) in [7, 11) is 5.92. The molecule has 3 rings (SSSR count). The van der Waals surface area contributed by atoms with Gasteiger partial charge < -0.3 is 28.8 Å². The fourth-order valence-electron chi connectivity index (χ4n) is 3.17. The number of Topliss-reactive ketones (excluding diaryl/α,β-unsaturated/α-hetero) is 1. The van der Waals surface area contributed by atoms with Crippen LogP contribution in [0, 0.1) is 0 Å². The van der Waals surface area contributed by atoms with Gasteiger partial charge in [-0.1, -0.05) is 12.1 Å². The molecule has 1 aliphatic rings. The van der Waals surface area contributed by atoms with E-state index >= 15 is 0 Å². The molecule has 1 aliphatic heterocycles. The summed E-state index contributed by atoms with van der Waals surface area (Å²) < 4.78 is 26.8. The van der Waals surface area contributed by atoms with Crippen LogP contribution in [0.5, 0.6) is 28.7 Å². The number of hydrogen-bond donors (Lipinski definition) is 1. The van der Waals surface area contributed by atoms with Crippen molar-refractivity contribution in [2.24, 2.45) is 0 Å². The number of carbonyl (C=O) groups is 1. The third kappa shape index (κ3) is 3.26. The number of aliphatic hydroxyl groups is 1. The molecule has 7 nitrogen and oxygen atoms in total. The predicted octanol–water partition coefficient (Wildman–Crippen LogP) is 2.27. The zero-order chi connectivity index (χ0) is 19.6. The van der Waals surface area contributed by atoms with Gasteiger partial charge in [0.1, 0.15) is 23.7 Å². The fraction of sp³-hybridized carbons (Fsp3) is 0.350. The molecule has 144 valence electrons. The molecule has 0 saturated heterocycles. The lowest BCUT2D eigenvalue weighted by Gasteiger charge is -2.33. The molecule has 1 atom stereocenters. The first-order valence-corrected chi connectivity index (χ1v) is 8.33. The molecule has 0 radical (unpaired) electrons. The average molecular weight is 374 g/mol. The molecule has 0 fully saturated rings. The van der Waals surface area contributed by atoms with Gasteiger partial charge in [0.15, 0.2) is 17.1 Å². The Morgan fingerprint density at radius 1 is 1.00 bits per heavy atom. The van der Waals surface area contributed by atoms with Crippen LogP contribution in [0.2, 0.25) is 0 Å². The van der Waals surface area contributed by atoms with E-state index in [9.17, 15) is 9.90 Å². The first kappa shape index (κ1) is 18.8. The molecule has 0 saturated carbocycles. The quantitative estimate of drug-likeness (QED) is 0.830. The van der Waals surface area contributed by atoms with E-state index in [1.807, 2.05) is 0 Å². The van der Waals surface area contributed by atoms with Crippen molar-refractivity contribution in [3.8, 4) is 28.7 Å². The van der Waals surface area contributed by atoms with Gasteiger partial charge in [-0.05, 0) is 17.7 Å². The third-order valence-corrected chi connectivity index (χ3v) is 4.57. The van der Waals surface area contributed by atoms with Crippen LogP contribution in [0.15, 0.2) is 30.3 Å². The summed E-state index contributed by atoms with van der Waals surface area (Å²) in [6.07, 6.45) is 0.0900. The van der Waals surface area contributed by atoms with Crippen molar-refractivity contribution in [1.82, 2.24) is 0 Å². The van der Waals surface area contributed by atoms with Gasteiger partial charge in [-0.3, -0.25) is 4.79 Å². The number of benzene rings is 2. The van der Waals surface area contributed by atoms with Crippen molar-refractivity contribution in [3.63, 3.8) is 0 Å². The standard InChI is InChI=1S/C20H22O7/c1-23-13-7-5-12(6-8-13)10-20(22)11-27-14-9-15(24-2)17(25-3)18(26-4)16(14)19(20)21/h5-9,22H,10-11H2,1-4H3. The second-order valence-corrected chi connectivity index (χ2v) is 6.19. The summed E-state index contributed by atoms with van der Waals surface area (Å²) in [5.41, 5.74) is -0.815. The highest BCUT2D eigenvalue weighted by molar-refractivity contribution is 6.09. The van der Waals surface area contributed by atoms with Crippen molar-refractivity contribution in [3.05, 3.63) is 41.5 Å². The van der Waals surface area contributed by atoms with E-state index in [-0.39, 0.29) is 35.8 Å². The van der Waals surface area contributed by atoms with E-state index in [1.165, 1.54) is 21.3 Å². The SMILES string of the molecule is COc1ccc(CC2(O)COc3cc(OC)c(OC)c(OC)c3C2=O)cc1. The van der Waals surface area contributed by atoms with Gasteiger partial charge in [0.05, 0.1) is 28.4 Å². The summed E-state index contributed by atoms with van der Waals surface area (Å²) in [6, 6.07) is 8.70. The second kappa shape index (κ2) is 7.36. The largest absolute Gasteiger partial charge is 0.497 e. The lowest BCUT2D eigenvalue weighted by Crippen LogP contribution is -2.49. The van der Waals surface area contributed by atoms with Gasteiger partial charge in [0.2, 0.25) is 11.5 Å². The minimum absolute atomic E-state index is 0.0900. The third-order valence-electron chi connectivity index (χ3n) is 4.57. The highest BCUT2D eigenvalue weighted by Crippen LogP contribution is 2.48. The van der Waals surface area contributed by atoms with E-state index in [0.29, 0.717) is 11.5 Å². The summed E-state index contributed by atoms with van der Waals surface area (Å²) in [6.45, 7) is -0.177. The Hall–Kier alpha value is -2.93. The highest BCUT2D eigenvalue weighted by atomic mass is 16.5. The maximum absolute atomic E-state index is 13.2. The van der Waals surface area contributed by atoms with Crippen molar-refractivity contribution in [2.45, 2.75) is 12.0 Å². The molecule has 0 spiro atoms. The first-order valence-electron chi connectivity index (χ1n) is 8.33. The van der Waals surface area contributed by atoms with E-state index in [4.69, 9.17) is 23.7 Å². The van der Waals surface area contributed by atoms with E-state index < -0.39 is 11.4 Å². The molecule has 1 unspecified atom stereocenters. The molecule has 0 aliphatic carbocycles. The molecule has 27 heavy (non-hydrogen) atoms. The number of ketones is 1. The van der Waals surface area contributed by atoms with Crippen molar-refractivity contribution >= 4 is 5.78 Å². The fourth-order valence-corrected chi connectivity index (χ4v) is 3.17. The molecule has 0 amide bonds. The Kier molecular flexibility index (Phi) is 5.14. The first-order chi connectivity index (χ1) is 13.0. The van der Waals surface area contributed by atoms with Gasteiger partial charge in [-0.15, -0.1) is 0 Å². The van der Waals surface area contributed by atoms with Crippen LogP contribution < -0.4 is 23.7 Å². The molecule has 0 aromatic heterocycles. The molecule has 2 aromatic carbocycles. The van der Waals surface area contributed by atoms with Crippen LogP contribution in [0.4, 0.5) is 0 Å². The maximum atomic E-state index is 13.2. The summed E-state index contributed by atoms with van der Waals surface area (Å²) in [5, 5.41) is 11.0. The van der Waals surface area contributed by atoms with Gasteiger partial charge >= 0.3 is 0 Å². The Balaban J connectivity index is 2.01. The smallest absolute Gasteiger partial charge is 0.205 e. The summed E-state index contributed by atoms with van der Waals surface area (Å²) >= 11 is 0. The minimum atomic E-state index is -1.73. The Labute approximate surface area is 157 Å². The number of rotatable bonds is 6. The average Bonchev–Trinajstić information content (AvgIpc) is 2.70. The molecule has 0 bridgehead atoms. The monoisotopic (exact) mass is 374 g/mol. The Morgan fingerprint density at radius 3 is 2.22 bits per heavy atom. The van der Waals surface area contributed by atoms with E-state index in [2.05, 4.69) is 0 Å². The van der Waals surface area contributed by atoms with Crippen LogP contribution in [-0.4, -0.2) is 51.5 Å². The van der Waals surface area contributed by atoms with Crippen molar-refractivity contribution in [1.29, 1.82) is 0 Å². The number of fused-ring (bicyclic) bond motifs is 1. The number of ether oxygens (including phenoxy) is 5. The van der Waals surface area contributed by atoms with Gasteiger partial charge in [0.25, 0.3) is 0 Å². The Bertz CT molecular complexity index is 844. The lowest BCUT2D eigenvalue weighted by molar-refractivity contribution is -0.00250. The molecule has 2 aromatic rings. The van der Waals surface area contributed by atoms with Crippen LogP contribution in [-0.2, 0) is 6.42 Å². The summed E-state index contributed by atoms with van der Waals surface area (Å²) in [4.78, 5) is 13.2. The maximum Gasteiger partial charge on any atom is 0.205 e.